The van der Waals surface area contributed by atoms with Gasteiger partial charge in [0.1, 0.15) is 5.82 Å². The zero-order valence-corrected chi connectivity index (χ0v) is 21.0. The number of imide groups is 1. The number of benzene rings is 1. The number of hydrogen-bond donors (Lipinski definition) is 0. The van der Waals surface area contributed by atoms with Gasteiger partial charge in [-0.3, -0.25) is 24.1 Å². The van der Waals surface area contributed by atoms with Gasteiger partial charge in [-0.15, -0.1) is 0 Å². The highest BCUT2D eigenvalue weighted by Crippen LogP contribution is 2.60. The maximum atomic E-state index is 13.2. The molecule has 4 aliphatic rings. The number of hydrogen-bond acceptors (Lipinski definition) is 5. The fraction of sp³-hybridized carbons (Fsp3) is 0.583. The maximum Gasteiger partial charge on any atom is 0.309 e. The first-order valence-electron chi connectivity index (χ1n) is 11.4. The summed E-state index contributed by atoms with van der Waals surface area (Å²) in [5.74, 6) is -1.78. The average Bonchev–Trinajstić information content (AvgIpc) is 3.42. The number of carbonyl (C=O) groups is 4. The molecule has 33 heavy (non-hydrogen) atoms. The highest BCUT2D eigenvalue weighted by molar-refractivity contribution is 9.12. The number of rotatable bonds is 5. The van der Waals surface area contributed by atoms with Gasteiger partial charge in [-0.25, -0.2) is 4.39 Å². The SMILES string of the molecule is O=C(COC(=O)C1CCC(N2C(=O)[C@@H]3[C@H]4C[C@@H]([C@H](Br)[C@@H]4Br)[C@@H]3C2=O)CC1)c1ccc(F)cc1. The molecule has 0 radical (unpaired) electrons. The Morgan fingerprint density at radius 1 is 0.939 bits per heavy atom. The Morgan fingerprint density at radius 3 is 2.03 bits per heavy atom. The van der Waals surface area contributed by atoms with Crippen LogP contribution in [0.5, 0.6) is 0 Å². The van der Waals surface area contributed by atoms with Crippen LogP contribution in [-0.2, 0) is 19.1 Å². The molecule has 1 aliphatic heterocycles. The second kappa shape index (κ2) is 8.87. The largest absolute Gasteiger partial charge is 0.457 e. The Labute approximate surface area is 207 Å². The molecule has 176 valence electrons. The molecule has 1 aromatic rings. The van der Waals surface area contributed by atoms with E-state index in [0.29, 0.717) is 25.7 Å². The summed E-state index contributed by atoms with van der Waals surface area (Å²) in [5.41, 5.74) is 0.287. The molecule has 6 nitrogen and oxygen atoms in total. The van der Waals surface area contributed by atoms with E-state index in [4.69, 9.17) is 4.74 Å². The molecule has 6 atom stereocenters. The van der Waals surface area contributed by atoms with E-state index >= 15 is 0 Å². The van der Waals surface area contributed by atoms with Gasteiger partial charge in [0.15, 0.2) is 12.4 Å². The minimum atomic E-state index is -0.442. The lowest BCUT2D eigenvalue weighted by Gasteiger charge is -2.33. The van der Waals surface area contributed by atoms with E-state index in [2.05, 4.69) is 31.9 Å². The zero-order valence-electron chi connectivity index (χ0n) is 17.8. The van der Waals surface area contributed by atoms with Crippen molar-refractivity contribution in [2.24, 2.45) is 29.6 Å². The molecular formula is C24H24Br2FNO5. The fourth-order valence-corrected chi connectivity index (χ4v) is 8.15. The topological polar surface area (TPSA) is 80.8 Å². The van der Waals surface area contributed by atoms with Crippen LogP contribution in [0.25, 0.3) is 0 Å². The molecule has 0 spiro atoms. The van der Waals surface area contributed by atoms with E-state index in [1.165, 1.54) is 29.2 Å². The number of nitrogens with zero attached hydrogens (tertiary/aromatic N) is 1. The molecule has 0 aromatic heterocycles. The van der Waals surface area contributed by atoms with Crippen LogP contribution in [-0.4, -0.2) is 50.8 Å². The number of alkyl halides is 2. The summed E-state index contributed by atoms with van der Waals surface area (Å²) >= 11 is 7.41. The number of amides is 2. The number of ether oxygens (including phenoxy) is 1. The predicted molar refractivity (Wildman–Crippen MR) is 123 cm³/mol. The van der Waals surface area contributed by atoms with Crippen molar-refractivity contribution < 1.29 is 28.3 Å². The quantitative estimate of drug-likeness (QED) is 0.227. The van der Waals surface area contributed by atoms with Crippen molar-refractivity contribution in [2.75, 3.05) is 6.61 Å². The van der Waals surface area contributed by atoms with Crippen molar-refractivity contribution in [3.8, 4) is 0 Å². The maximum absolute atomic E-state index is 13.2. The van der Waals surface area contributed by atoms with Crippen LogP contribution in [0.2, 0.25) is 0 Å². The van der Waals surface area contributed by atoms with Crippen LogP contribution in [0.3, 0.4) is 0 Å². The molecule has 9 heteroatoms. The first-order valence-corrected chi connectivity index (χ1v) is 13.2. The Bertz CT molecular complexity index is 961. The van der Waals surface area contributed by atoms with Crippen molar-refractivity contribution in [3.63, 3.8) is 0 Å². The number of fused-ring (bicyclic) bond motifs is 5. The minimum Gasteiger partial charge on any atom is -0.457 e. The Balaban J connectivity index is 1.15. The molecule has 2 bridgehead atoms. The predicted octanol–water partition coefficient (Wildman–Crippen LogP) is 3.89. The van der Waals surface area contributed by atoms with Crippen LogP contribution in [0.15, 0.2) is 24.3 Å². The molecule has 0 unspecified atom stereocenters. The second-order valence-electron chi connectivity index (χ2n) is 9.59. The fourth-order valence-electron chi connectivity index (χ4n) is 6.28. The van der Waals surface area contributed by atoms with E-state index in [1.807, 2.05) is 0 Å². The molecule has 1 saturated heterocycles. The van der Waals surface area contributed by atoms with Crippen molar-refractivity contribution in [1.82, 2.24) is 4.90 Å². The molecule has 3 aliphatic carbocycles. The summed E-state index contributed by atoms with van der Waals surface area (Å²) in [6.07, 6.45) is 3.05. The van der Waals surface area contributed by atoms with E-state index in [1.54, 1.807) is 0 Å². The van der Waals surface area contributed by atoms with E-state index in [9.17, 15) is 23.6 Å². The van der Waals surface area contributed by atoms with Gasteiger partial charge in [-0.05, 0) is 68.2 Å². The molecule has 5 rings (SSSR count). The lowest BCUT2D eigenvalue weighted by Crippen LogP contribution is -2.44. The van der Waals surface area contributed by atoms with Crippen LogP contribution in [0, 0.1) is 35.4 Å². The van der Waals surface area contributed by atoms with Crippen LogP contribution in [0.1, 0.15) is 42.5 Å². The molecule has 1 heterocycles. The van der Waals surface area contributed by atoms with Crippen molar-refractivity contribution in [3.05, 3.63) is 35.6 Å². The molecular weight excluding hydrogens is 561 g/mol. The third-order valence-electron chi connectivity index (χ3n) is 7.93. The van der Waals surface area contributed by atoms with Gasteiger partial charge in [0.05, 0.1) is 17.8 Å². The number of esters is 1. The average molecular weight is 585 g/mol. The minimum absolute atomic E-state index is 0.0442. The van der Waals surface area contributed by atoms with E-state index in [0.717, 1.165) is 6.42 Å². The first kappa shape index (κ1) is 23.1. The summed E-state index contributed by atoms with van der Waals surface area (Å²) in [4.78, 5) is 53.0. The lowest BCUT2D eigenvalue weighted by atomic mass is 9.81. The van der Waals surface area contributed by atoms with Crippen molar-refractivity contribution >= 4 is 55.4 Å². The highest BCUT2D eigenvalue weighted by Gasteiger charge is 2.67. The highest BCUT2D eigenvalue weighted by atomic mass is 79.9. The second-order valence-corrected chi connectivity index (χ2v) is 11.7. The van der Waals surface area contributed by atoms with E-state index < -0.39 is 11.8 Å². The summed E-state index contributed by atoms with van der Waals surface area (Å²) in [7, 11) is 0. The van der Waals surface area contributed by atoms with Gasteiger partial charge in [0.25, 0.3) is 0 Å². The summed E-state index contributed by atoms with van der Waals surface area (Å²) in [6.45, 7) is -0.388. The molecule has 3 saturated carbocycles. The third kappa shape index (κ3) is 3.89. The molecule has 4 fully saturated rings. The number of likely N-dealkylation sites (tertiary alicyclic amines) is 1. The standard InChI is InChI=1S/C24H24Br2FNO5/c25-20-15-9-16(21(20)26)19-18(15)22(30)28(23(19)31)14-7-3-12(4-8-14)24(32)33-10-17(29)11-1-5-13(27)6-2-11/h1-2,5-6,12,14-16,18-21H,3-4,7-10H2/t12?,14?,15-,16-,18-,19+,20-,21+/m1/s1. The summed E-state index contributed by atoms with van der Waals surface area (Å²) in [6, 6.07) is 4.91. The van der Waals surface area contributed by atoms with Crippen LogP contribution in [0.4, 0.5) is 4.39 Å². The van der Waals surface area contributed by atoms with Gasteiger partial charge in [0.2, 0.25) is 11.8 Å². The summed E-state index contributed by atoms with van der Waals surface area (Å²) < 4.78 is 18.2. The lowest BCUT2D eigenvalue weighted by molar-refractivity contribution is -0.149. The van der Waals surface area contributed by atoms with Crippen LogP contribution < -0.4 is 0 Å². The Hall–Kier alpha value is -1.61. The van der Waals surface area contributed by atoms with Crippen molar-refractivity contribution in [2.45, 2.75) is 47.8 Å². The van der Waals surface area contributed by atoms with Gasteiger partial charge in [-0.2, -0.15) is 0 Å². The van der Waals surface area contributed by atoms with Gasteiger partial charge in [-0.1, -0.05) is 31.9 Å². The smallest absolute Gasteiger partial charge is 0.309 e. The molecule has 2 amide bonds. The number of halogens is 3. The van der Waals surface area contributed by atoms with Gasteiger partial charge < -0.3 is 4.74 Å². The number of Topliss-reactive ketones (excluding diaryl/α,β-unsaturated/α-hetero) is 1. The van der Waals surface area contributed by atoms with Gasteiger partial charge >= 0.3 is 5.97 Å². The van der Waals surface area contributed by atoms with Crippen LogP contribution >= 0.6 is 31.9 Å². The Morgan fingerprint density at radius 2 is 1.48 bits per heavy atom. The first-order chi connectivity index (χ1) is 15.8. The van der Waals surface area contributed by atoms with Gasteiger partial charge in [0, 0.05) is 21.3 Å². The molecule has 1 aromatic carbocycles. The molecule has 0 N–H and O–H groups in total. The Kier molecular flexibility index (Phi) is 6.22. The third-order valence-corrected chi connectivity index (χ3v) is 11.1. The number of ketones is 1. The monoisotopic (exact) mass is 583 g/mol. The number of carbonyl (C=O) groups excluding carboxylic acids is 4. The van der Waals surface area contributed by atoms with E-state index in [-0.39, 0.29) is 75.1 Å². The zero-order chi connectivity index (χ0) is 23.4. The van der Waals surface area contributed by atoms with Crippen molar-refractivity contribution in [1.29, 1.82) is 0 Å². The normalized spacial score (nSPS) is 37.4. The summed E-state index contributed by atoms with van der Waals surface area (Å²) in [5, 5.41) is 0.